The van der Waals surface area contributed by atoms with E-state index in [0.717, 1.165) is 18.5 Å². The van der Waals surface area contributed by atoms with Crippen LogP contribution < -0.4 is 5.73 Å². The molecule has 0 saturated heterocycles. The third-order valence-corrected chi connectivity index (χ3v) is 2.72. The molecule has 0 fully saturated rings. The maximum atomic E-state index is 5.73. The molecule has 0 aliphatic heterocycles. The first kappa shape index (κ1) is 9.89. The number of nitrogens with two attached hydrogens (primary N) is 1. The molecular formula is C10H15N5. The van der Waals surface area contributed by atoms with Gasteiger partial charge in [-0.2, -0.15) is 0 Å². The maximum absolute atomic E-state index is 5.73. The molecule has 0 aromatic carbocycles. The minimum absolute atomic E-state index is 0.435. The quantitative estimate of drug-likeness (QED) is 0.829. The lowest BCUT2D eigenvalue weighted by Gasteiger charge is -2.14. The summed E-state index contributed by atoms with van der Waals surface area (Å²) in [6, 6.07) is 0.435. The zero-order chi connectivity index (χ0) is 10.8. The van der Waals surface area contributed by atoms with Crippen molar-refractivity contribution < 1.29 is 0 Å². The highest BCUT2D eigenvalue weighted by Gasteiger charge is 2.12. The Morgan fingerprint density at radius 3 is 2.67 bits per heavy atom. The Hall–Kier alpha value is -1.65. The zero-order valence-corrected chi connectivity index (χ0v) is 9.01. The average Bonchev–Trinajstić information content (AvgIpc) is 2.66. The van der Waals surface area contributed by atoms with Gasteiger partial charge in [0.25, 0.3) is 0 Å². The van der Waals surface area contributed by atoms with Gasteiger partial charge in [-0.15, -0.1) is 0 Å². The third-order valence-electron chi connectivity index (χ3n) is 2.72. The summed E-state index contributed by atoms with van der Waals surface area (Å²) in [4.78, 5) is 12.4. The van der Waals surface area contributed by atoms with E-state index < -0.39 is 0 Å². The maximum Gasteiger partial charge on any atom is 0.165 e. The second-order valence-electron chi connectivity index (χ2n) is 3.55. The fourth-order valence-corrected chi connectivity index (χ4v) is 1.82. The van der Waals surface area contributed by atoms with E-state index in [9.17, 15) is 0 Å². The van der Waals surface area contributed by atoms with Gasteiger partial charge in [-0.05, 0) is 12.8 Å². The highest BCUT2D eigenvalue weighted by Crippen LogP contribution is 2.22. The van der Waals surface area contributed by atoms with Crippen LogP contribution in [0, 0.1) is 0 Å². The third kappa shape index (κ3) is 1.54. The van der Waals surface area contributed by atoms with Crippen LogP contribution in [0.15, 0.2) is 12.7 Å². The number of hydrogen-bond donors (Lipinski definition) is 1. The molecule has 0 radical (unpaired) electrons. The minimum Gasteiger partial charge on any atom is -0.382 e. The van der Waals surface area contributed by atoms with Gasteiger partial charge in [-0.1, -0.05) is 13.8 Å². The first-order valence-corrected chi connectivity index (χ1v) is 5.20. The number of imidazole rings is 1. The van der Waals surface area contributed by atoms with Crippen LogP contribution in [0.4, 0.5) is 5.82 Å². The van der Waals surface area contributed by atoms with E-state index in [2.05, 4.69) is 33.4 Å². The molecule has 80 valence electrons. The Kier molecular flexibility index (Phi) is 2.53. The number of aromatic nitrogens is 4. The van der Waals surface area contributed by atoms with Crippen LogP contribution >= 0.6 is 0 Å². The fraction of sp³-hybridized carbons (Fsp3) is 0.500. The molecule has 2 aromatic rings. The molecule has 5 nitrogen and oxygen atoms in total. The smallest absolute Gasteiger partial charge is 0.165 e. The molecule has 0 aliphatic carbocycles. The van der Waals surface area contributed by atoms with Crippen LogP contribution in [0.5, 0.6) is 0 Å². The van der Waals surface area contributed by atoms with E-state index in [1.54, 1.807) is 6.33 Å². The van der Waals surface area contributed by atoms with Gasteiger partial charge >= 0.3 is 0 Å². The first-order valence-electron chi connectivity index (χ1n) is 5.20. The monoisotopic (exact) mass is 205 g/mol. The molecule has 0 aliphatic rings. The summed E-state index contributed by atoms with van der Waals surface area (Å²) in [6.45, 7) is 4.31. The SMILES string of the molecule is CCC(CC)n1cnc2c(N)ncnc21. The van der Waals surface area contributed by atoms with E-state index in [0.29, 0.717) is 17.4 Å². The molecule has 2 N–H and O–H groups in total. The molecular weight excluding hydrogens is 190 g/mol. The predicted octanol–water partition coefficient (Wildman–Crippen LogP) is 1.77. The molecule has 0 saturated carbocycles. The first-order chi connectivity index (χ1) is 7.27. The Labute approximate surface area is 88.4 Å². The average molecular weight is 205 g/mol. The van der Waals surface area contributed by atoms with Gasteiger partial charge in [0.2, 0.25) is 0 Å². The van der Waals surface area contributed by atoms with Crippen molar-refractivity contribution in [2.24, 2.45) is 0 Å². The Morgan fingerprint density at radius 1 is 1.27 bits per heavy atom. The molecule has 2 heterocycles. The number of nitrogen functional groups attached to an aromatic ring is 1. The van der Waals surface area contributed by atoms with E-state index in [-0.39, 0.29) is 0 Å². The van der Waals surface area contributed by atoms with Crippen molar-refractivity contribution in [3.63, 3.8) is 0 Å². The zero-order valence-electron chi connectivity index (χ0n) is 9.01. The Morgan fingerprint density at radius 2 is 2.00 bits per heavy atom. The van der Waals surface area contributed by atoms with Gasteiger partial charge in [0.1, 0.15) is 11.8 Å². The van der Waals surface area contributed by atoms with Crippen molar-refractivity contribution in [3.8, 4) is 0 Å². The van der Waals surface area contributed by atoms with E-state index >= 15 is 0 Å². The number of nitrogens with zero attached hydrogens (tertiary/aromatic N) is 4. The largest absolute Gasteiger partial charge is 0.382 e. The van der Waals surface area contributed by atoms with E-state index in [1.165, 1.54) is 6.33 Å². The second kappa shape index (κ2) is 3.84. The fourth-order valence-electron chi connectivity index (χ4n) is 1.82. The Bertz CT molecular complexity index is 458. The lowest BCUT2D eigenvalue weighted by Crippen LogP contribution is -2.06. The van der Waals surface area contributed by atoms with E-state index in [1.807, 2.05) is 0 Å². The lowest BCUT2D eigenvalue weighted by molar-refractivity contribution is 0.480. The number of rotatable bonds is 3. The van der Waals surface area contributed by atoms with E-state index in [4.69, 9.17) is 5.73 Å². The standard InChI is InChI=1S/C10H15N5/c1-3-7(4-2)15-6-14-8-9(11)12-5-13-10(8)15/h5-7H,3-4H2,1-2H3,(H2,11,12,13). The van der Waals surface area contributed by atoms with Crippen LogP contribution in [-0.2, 0) is 0 Å². The van der Waals surface area contributed by atoms with Gasteiger partial charge in [0, 0.05) is 6.04 Å². The summed E-state index contributed by atoms with van der Waals surface area (Å²) in [7, 11) is 0. The molecule has 0 bridgehead atoms. The Balaban J connectivity index is 2.58. The van der Waals surface area contributed by atoms with Crippen molar-refractivity contribution in [1.82, 2.24) is 19.5 Å². The highest BCUT2D eigenvalue weighted by atomic mass is 15.1. The lowest BCUT2D eigenvalue weighted by atomic mass is 10.2. The topological polar surface area (TPSA) is 69.6 Å². The van der Waals surface area contributed by atoms with Crippen LogP contribution in [0.3, 0.4) is 0 Å². The summed E-state index contributed by atoms with van der Waals surface area (Å²) in [5.74, 6) is 0.449. The molecule has 2 aromatic heterocycles. The number of anilines is 1. The van der Waals surface area contributed by atoms with Crippen molar-refractivity contribution >= 4 is 17.0 Å². The summed E-state index contributed by atoms with van der Waals surface area (Å²) in [5.41, 5.74) is 7.25. The molecule has 2 rings (SSSR count). The van der Waals surface area contributed by atoms with Crippen LogP contribution in [0.1, 0.15) is 32.7 Å². The molecule has 0 spiro atoms. The van der Waals surface area contributed by atoms with Gasteiger partial charge in [-0.3, -0.25) is 0 Å². The van der Waals surface area contributed by atoms with Gasteiger partial charge < -0.3 is 10.3 Å². The van der Waals surface area contributed by atoms with Crippen LogP contribution in [-0.4, -0.2) is 19.5 Å². The van der Waals surface area contributed by atoms with Crippen molar-refractivity contribution in [1.29, 1.82) is 0 Å². The van der Waals surface area contributed by atoms with Crippen molar-refractivity contribution in [2.75, 3.05) is 5.73 Å². The van der Waals surface area contributed by atoms with Gasteiger partial charge in [-0.25, -0.2) is 15.0 Å². The normalized spacial score (nSPS) is 11.4. The number of fused-ring (bicyclic) bond motifs is 1. The van der Waals surface area contributed by atoms with Crippen LogP contribution in [0.2, 0.25) is 0 Å². The van der Waals surface area contributed by atoms with Crippen molar-refractivity contribution in [3.05, 3.63) is 12.7 Å². The molecule has 0 atom stereocenters. The molecule has 0 unspecified atom stereocenters. The van der Waals surface area contributed by atoms with Crippen molar-refractivity contribution in [2.45, 2.75) is 32.7 Å². The summed E-state index contributed by atoms with van der Waals surface area (Å²) in [6.07, 6.45) is 5.41. The molecule has 0 amide bonds. The molecule has 15 heavy (non-hydrogen) atoms. The van der Waals surface area contributed by atoms with Crippen LogP contribution in [0.25, 0.3) is 11.2 Å². The van der Waals surface area contributed by atoms with Gasteiger partial charge in [0.15, 0.2) is 11.5 Å². The minimum atomic E-state index is 0.435. The predicted molar refractivity (Wildman–Crippen MR) is 59.4 cm³/mol. The molecule has 5 heteroatoms. The summed E-state index contributed by atoms with van der Waals surface area (Å²) >= 11 is 0. The highest BCUT2D eigenvalue weighted by molar-refractivity contribution is 5.81. The second-order valence-corrected chi connectivity index (χ2v) is 3.55. The number of hydrogen-bond acceptors (Lipinski definition) is 4. The van der Waals surface area contributed by atoms with Gasteiger partial charge in [0.05, 0.1) is 6.33 Å². The summed E-state index contributed by atoms with van der Waals surface area (Å²) < 4.78 is 2.08. The summed E-state index contributed by atoms with van der Waals surface area (Å²) in [5, 5.41) is 0.